The number of halogens is 2. The molecule has 0 bridgehead atoms. The first-order valence-corrected chi connectivity index (χ1v) is 12.5. The van der Waals surface area contributed by atoms with Crippen LogP contribution >= 0.6 is 39.3 Å². The van der Waals surface area contributed by atoms with Gasteiger partial charge < -0.3 is 14.3 Å². The zero-order valence-corrected chi connectivity index (χ0v) is 21.2. The molecule has 5 rings (SSSR count). The van der Waals surface area contributed by atoms with Gasteiger partial charge in [0, 0.05) is 27.1 Å². The van der Waals surface area contributed by atoms with Crippen molar-refractivity contribution in [2.45, 2.75) is 13.1 Å². The second-order valence-corrected chi connectivity index (χ2v) is 10.0. The van der Waals surface area contributed by atoms with Crippen LogP contribution in [0.25, 0.3) is 17.0 Å². The number of rotatable bonds is 6. The van der Waals surface area contributed by atoms with E-state index in [-0.39, 0.29) is 17.4 Å². The van der Waals surface area contributed by atoms with Crippen LogP contribution in [0.4, 0.5) is 10.5 Å². The molecule has 176 valence electrons. The monoisotopic (exact) mass is 569 g/mol. The summed E-state index contributed by atoms with van der Waals surface area (Å²) in [5.74, 6) is 0.0292. The maximum atomic E-state index is 13.1. The number of carbonyl (C=O) groups is 3. The molecule has 1 saturated heterocycles. The Balaban J connectivity index is 1.45. The second-order valence-electron chi connectivity index (χ2n) is 7.70. The molecular weight excluding hydrogens is 554 g/mol. The first kappa shape index (κ1) is 23.5. The van der Waals surface area contributed by atoms with Gasteiger partial charge in [-0.2, -0.15) is 0 Å². The summed E-state index contributed by atoms with van der Waals surface area (Å²) >= 11 is 10.6. The molecule has 3 heterocycles. The SMILES string of the molecule is O=C(Cn1cc(/C=C2\SC(=O)N(c3ccccc3Cl)C2=O)c2cc(Br)ccc21)NCc1ccco1. The molecule has 0 saturated carbocycles. The highest BCUT2D eigenvalue weighted by Gasteiger charge is 2.37. The lowest BCUT2D eigenvalue weighted by Crippen LogP contribution is -2.27. The number of aromatic nitrogens is 1. The van der Waals surface area contributed by atoms with E-state index in [2.05, 4.69) is 21.2 Å². The fraction of sp³-hybridized carbons (Fsp3) is 0.0800. The van der Waals surface area contributed by atoms with E-state index in [1.54, 1.807) is 54.9 Å². The van der Waals surface area contributed by atoms with Crippen molar-refractivity contribution in [2.24, 2.45) is 0 Å². The van der Waals surface area contributed by atoms with Gasteiger partial charge in [-0.15, -0.1) is 0 Å². The first-order chi connectivity index (χ1) is 16.9. The summed E-state index contributed by atoms with van der Waals surface area (Å²) in [6.07, 6.45) is 5.03. The highest BCUT2D eigenvalue weighted by Crippen LogP contribution is 2.39. The lowest BCUT2D eigenvalue weighted by atomic mass is 10.1. The summed E-state index contributed by atoms with van der Waals surface area (Å²) in [5.41, 5.74) is 1.88. The molecular formula is C25H17BrClN3O4S. The predicted molar refractivity (Wildman–Crippen MR) is 140 cm³/mol. The van der Waals surface area contributed by atoms with Crippen LogP contribution in [0.3, 0.4) is 0 Å². The number of carbonyl (C=O) groups excluding carboxylic acids is 3. The van der Waals surface area contributed by atoms with E-state index < -0.39 is 11.1 Å². The fourth-order valence-electron chi connectivity index (χ4n) is 3.80. The van der Waals surface area contributed by atoms with Crippen LogP contribution in [0.2, 0.25) is 5.02 Å². The van der Waals surface area contributed by atoms with Crippen LogP contribution in [-0.4, -0.2) is 21.6 Å². The zero-order chi connectivity index (χ0) is 24.5. The number of hydrogen-bond acceptors (Lipinski definition) is 5. The molecule has 2 aromatic carbocycles. The van der Waals surface area contributed by atoms with Crippen LogP contribution in [-0.2, 0) is 22.7 Å². The van der Waals surface area contributed by atoms with Crippen molar-refractivity contribution >= 4 is 79.0 Å². The van der Waals surface area contributed by atoms with Crippen LogP contribution in [0, 0.1) is 0 Å². The van der Waals surface area contributed by atoms with Crippen molar-refractivity contribution in [2.75, 3.05) is 4.90 Å². The number of thioether (sulfide) groups is 1. The molecule has 35 heavy (non-hydrogen) atoms. The normalized spacial score (nSPS) is 14.9. The van der Waals surface area contributed by atoms with E-state index in [0.717, 1.165) is 32.0 Å². The number of benzene rings is 2. The fourth-order valence-corrected chi connectivity index (χ4v) is 5.21. The maximum Gasteiger partial charge on any atom is 0.298 e. The van der Waals surface area contributed by atoms with Gasteiger partial charge in [-0.05, 0) is 60.3 Å². The average Bonchev–Trinajstić information content (AvgIpc) is 3.53. The van der Waals surface area contributed by atoms with Crippen molar-refractivity contribution in [3.63, 3.8) is 0 Å². The lowest BCUT2D eigenvalue weighted by molar-refractivity contribution is -0.121. The van der Waals surface area contributed by atoms with Crippen LogP contribution in [0.15, 0.2) is 80.9 Å². The van der Waals surface area contributed by atoms with Gasteiger partial charge in [0.15, 0.2) is 0 Å². The van der Waals surface area contributed by atoms with Gasteiger partial charge in [0.2, 0.25) is 5.91 Å². The Morgan fingerprint density at radius 2 is 1.97 bits per heavy atom. The van der Waals surface area contributed by atoms with Crippen molar-refractivity contribution in [3.8, 4) is 0 Å². The van der Waals surface area contributed by atoms with Crippen LogP contribution in [0.5, 0.6) is 0 Å². The Labute approximate surface area is 217 Å². The smallest absolute Gasteiger partial charge is 0.298 e. The van der Waals surface area contributed by atoms with Crippen molar-refractivity contribution in [1.82, 2.24) is 9.88 Å². The minimum Gasteiger partial charge on any atom is -0.467 e. The number of fused-ring (bicyclic) bond motifs is 1. The third-order valence-corrected chi connectivity index (χ3v) is 7.08. The van der Waals surface area contributed by atoms with E-state index in [1.165, 1.54) is 0 Å². The van der Waals surface area contributed by atoms with Gasteiger partial charge in [0.1, 0.15) is 12.3 Å². The molecule has 0 unspecified atom stereocenters. The molecule has 0 aliphatic carbocycles. The quantitative estimate of drug-likeness (QED) is 0.279. The first-order valence-electron chi connectivity index (χ1n) is 10.5. The number of hydrogen-bond donors (Lipinski definition) is 1. The summed E-state index contributed by atoms with van der Waals surface area (Å²) < 4.78 is 7.91. The molecule has 0 spiro atoms. The lowest BCUT2D eigenvalue weighted by Gasteiger charge is -2.13. The molecule has 10 heteroatoms. The summed E-state index contributed by atoms with van der Waals surface area (Å²) in [4.78, 5) is 39.7. The zero-order valence-electron chi connectivity index (χ0n) is 18.0. The van der Waals surface area contributed by atoms with E-state index in [0.29, 0.717) is 28.6 Å². The third kappa shape index (κ3) is 4.80. The number of para-hydroxylation sites is 1. The minimum absolute atomic E-state index is 0.0772. The van der Waals surface area contributed by atoms with E-state index >= 15 is 0 Å². The minimum atomic E-state index is -0.444. The summed E-state index contributed by atoms with van der Waals surface area (Å²) in [5, 5.41) is 3.57. The van der Waals surface area contributed by atoms with E-state index in [9.17, 15) is 14.4 Å². The number of nitrogens with one attached hydrogen (secondary N) is 1. The Kier molecular flexibility index (Phi) is 6.55. The molecule has 1 aliphatic heterocycles. The Morgan fingerprint density at radius 3 is 2.74 bits per heavy atom. The largest absolute Gasteiger partial charge is 0.467 e. The second kappa shape index (κ2) is 9.77. The molecule has 7 nitrogen and oxygen atoms in total. The number of imide groups is 1. The van der Waals surface area contributed by atoms with Crippen LogP contribution in [0.1, 0.15) is 11.3 Å². The summed E-state index contributed by atoms with van der Waals surface area (Å²) in [7, 11) is 0. The average molecular weight is 571 g/mol. The summed E-state index contributed by atoms with van der Waals surface area (Å²) in [6.45, 7) is 0.367. The van der Waals surface area contributed by atoms with E-state index in [1.807, 2.05) is 22.8 Å². The van der Waals surface area contributed by atoms with E-state index in [4.69, 9.17) is 16.0 Å². The topological polar surface area (TPSA) is 84.5 Å². The number of anilines is 1. The standard InChI is InChI=1S/C25H17BrClN3O4S/c26-16-7-8-20-18(11-16)15(13-29(20)14-23(31)28-12-17-4-3-9-34-17)10-22-24(32)30(25(33)35-22)21-6-2-1-5-19(21)27/h1-11,13H,12,14H2,(H,28,31)/b22-10-. The molecule has 1 aliphatic rings. The van der Waals surface area contributed by atoms with Crippen LogP contribution < -0.4 is 10.2 Å². The molecule has 3 amide bonds. The Hall–Kier alpha value is -3.27. The predicted octanol–water partition coefficient (Wildman–Crippen LogP) is 6.21. The maximum absolute atomic E-state index is 13.1. The van der Waals surface area contributed by atoms with Gasteiger partial charge in [-0.3, -0.25) is 14.4 Å². The van der Waals surface area contributed by atoms with Crippen molar-refractivity contribution in [3.05, 3.63) is 92.8 Å². The van der Waals surface area contributed by atoms with Gasteiger partial charge in [-0.1, -0.05) is 39.7 Å². The molecule has 0 radical (unpaired) electrons. The van der Waals surface area contributed by atoms with Gasteiger partial charge >= 0.3 is 0 Å². The van der Waals surface area contributed by atoms with Crippen molar-refractivity contribution < 1.29 is 18.8 Å². The molecule has 1 fully saturated rings. The number of furan rings is 1. The Morgan fingerprint density at radius 1 is 1.14 bits per heavy atom. The molecule has 4 aromatic rings. The Bertz CT molecular complexity index is 1500. The number of amides is 3. The molecule has 2 aromatic heterocycles. The van der Waals surface area contributed by atoms with Gasteiger partial charge in [0.05, 0.1) is 28.4 Å². The highest BCUT2D eigenvalue weighted by molar-refractivity contribution is 9.10. The van der Waals surface area contributed by atoms with Crippen molar-refractivity contribution in [1.29, 1.82) is 0 Å². The summed E-state index contributed by atoms with van der Waals surface area (Å²) in [6, 6.07) is 16.0. The molecule has 0 atom stereocenters. The van der Waals surface area contributed by atoms with Gasteiger partial charge in [-0.25, -0.2) is 4.90 Å². The molecule has 1 N–H and O–H groups in total. The van der Waals surface area contributed by atoms with Gasteiger partial charge in [0.25, 0.3) is 11.1 Å². The highest BCUT2D eigenvalue weighted by atomic mass is 79.9. The number of nitrogens with zero attached hydrogens (tertiary/aromatic N) is 2. The third-order valence-electron chi connectivity index (χ3n) is 5.40.